The zero-order valence-corrected chi connectivity index (χ0v) is 12.4. The Labute approximate surface area is 126 Å². The van der Waals surface area contributed by atoms with E-state index >= 15 is 0 Å². The molecule has 3 heteroatoms. The molecular formula is C18H22N2O. The molecule has 0 radical (unpaired) electrons. The normalized spacial score (nSPS) is 12.6. The number of aromatic nitrogens is 1. The fourth-order valence-electron chi connectivity index (χ4n) is 2.16. The third kappa shape index (κ3) is 5.50. The van der Waals surface area contributed by atoms with Crippen LogP contribution in [0.5, 0.6) is 0 Å². The molecular weight excluding hydrogens is 260 g/mol. The van der Waals surface area contributed by atoms with Crippen LogP contribution in [0.15, 0.2) is 60.9 Å². The first kappa shape index (κ1) is 15.4. The molecule has 0 spiro atoms. The van der Waals surface area contributed by atoms with Crippen molar-refractivity contribution in [1.82, 2.24) is 10.3 Å². The van der Waals surface area contributed by atoms with E-state index in [1.54, 1.807) is 13.3 Å². The summed E-state index contributed by atoms with van der Waals surface area (Å²) in [5, 5.41) is 3.51. The van der Waals surface area contributed by atoms with Gasteiger partial charge in [-0.3, -0.25) is 4.98 Å². The molecule has 1 unspecified atom stereocenters. The van der Waals surface area contributed by atoms with E-state index in [1.807, 2.05) is 18.3 Å². The molecule has 0 saturated heterocycles. The molecule has 2 rings (SSSR count). The van der Waals surface area contributed by atoms with Crippen LogP contribution in [0.25, 0.3) is 6.08 Å². The molecule has 0 fully saturated rings. The fraction of sp³-hybridized carbons (Fsp3) is 0.278. The van der Waals surface area contributed by atoms with Gasteiger partial charge < -0.3 is 10.1 Å². The first-order valence-corrected chi connectivity index (χ1v) is 7.24. The van der Waals surface area contributed by atoms with Gasteiger partial charge in [-0.1, -0.05) is 48.6 Å². The smallest absolute Gasteiger partial charge is 0.0587 e. The molecule has 0 amide bonds. The van der Waals surface area contributed by atoms with Gasteiger partial charge in [0, 0.05) is 32.1 Å². The highest BCUT2D eigenvalue weighted by molar-refractivity contribution is 5.48. The number of hydrogen-bond donors (Lipinski definition) is 1. The number of hydrogen-bond acceptors (Lipinski definition) is 3. The number of rotatable bonds is 8. The van der Waals surface area contributed by atoms with E-state index < -0.39 is 0 Å². The molecule has 0 saturated carbocycles. The van der Waals surface area contributed by atoms with Crippen LogP contribution in [0.3, 0.4) is 0 Å². The second kappa shape index (κ2) is 9.06. The first-order chi connectivity index (χ1) is 10.4. The van der Waals surface area contributed by atoms with Crippen molar-refractivity contribution in [3.05, 3.63) is 72.1 Å². The highest BCUT2D eigenvalue weighted by Gasteiger charge is 2.08. The maximum absolute atomic E-state index is 5.11. The molecule has 0 aliphatic carbocycles. The number of benzene rings is 1. The average Bonchev–Trinajstić information content (AvgIpc) is 2.55. The van der Waals surface area contributed by atoms with Gasteiger partial charge in [-0.05, 0) is 23.6 Å². The lowest BCUT2D eigenvalue weighted by atomic mass is 10.0. The van der Waals surface area contributed by atoms with Crippen molar-refractivity contribution in [2.75, 3.05) is 20.3 Å². The lowest BCUT2D eigenvalue weighted by molar-refractivity contribution is 0.195. The number of nitrogens with zero attached hydrogens (tertiary/aromatic N) is 1. The molecule has 3 nitrogen and oxygen atoms in total. The van der Waals surface area contributed by atoms with Crippen LogP contribution in [0, 0.1) is 0 Å². The summed E-state index contributed by atoms with van der Waals surface area (Å²) >= 11 is 0. The van der Waals surface area contributed by atoms with Gasteiger partial charge in [0.25, 0.3) is 0 Å². The standard InChI is InChI=1S/C18H22N2O/c1-21-14-13-20-18(17-10-6-12-19-15-17)11-5-9-16-7-3-2-4-8-16/h2-10,12,15,18,20H,11,13-14H2,1H3/b9-5+. The molecule has 1 atom stereocenters. The number of pyridine rings is 1. The third-order valence-corrected chi connectivity index (χ3v) is 3.27. The SMILES string of the molecule is COCCNC(C/C=C/c1ccccc1)c1cccnc1. The number of methoxy groups -OCH3 is 1. The second-order valence-electron chi connectivity index (χ2n) is 4.83. The maximum atomic E-state index is 5.11. The Kier molecular flexibility index (Phi) is 6.65. The van der Waals surface area contributed by atoms with Crippen LogP contribution >= 0.6 is 0 Å². The summed E-state index contributed by atoms with van der Waals surface area (Å²) in [6.07, 6.45) is 8.99. The Bertz CT molecular complexity index is 525. The van der Waals surface area contributed by atoms with Gasteiger partial charge in [0.15, 0.2) is 0 Å². The molecule has 0 aliphatic heterocycles. The molecule has 2 aromatic rings. The van der Waals surface area contributed by atoms with Crippen molar-refractivity contribution in [3.63, 3.8) is 0 Å². The molecule has 0 bridgehead atoms. The topological polar surface area (TPSA) is 34.1 Å². The summed E-state index contributed by atoms with van der Waals surface area (Å²) in [4.78, 5) is 4.20. The van der Waals surface area contributed by atoms with Crippen LogP contribution in [0.2, 0.25) is 0 Å². The second-order valence-corrected chi connectivity index (χ2v) is 4.83. The predicted molar refractivity (Wildman–Crippen MR) is 86.9 cm³/mol. The van der Waals surface area contributed by atoms with Crippen molar-refractivity contribution < 1.29 is 4.74 Å². The quantitative estimate of drug-likeness (QED) is 0.753. The molecule has 1 heterocycles. The van der Waals surface area contributed by atoms with Gasteiger partial charge in [-0.15, -0.1) is 0 Å². The largest absolute Gasteiger partial charge is 0.383 e. The highest BCUT2D eigenvalue weighted by atomic mass is 16.5. The minimum atomic E-state index is 0.258. The van der Waals surface area contributed by atoms with Gasteiger partial charge in [-0.2, -0.15) is 0 Å². The van der Waals surface area contributed by atoms with Crippen LogP contribution in [0.1, 0.15) is 23.6 Å². The van der Waals surface area contributed by atoms with Gasteiger partial charge in [0.1, 0.15) is 0 Å². The van der Waals surface area contributed by atoms with Crippen molar-refractivity contribution >= 4 is 6.08 Å². The van der Waals surface area contributed by atoms with Crippen molar-refractivity contribution in [1.29, 1.82) is 0 Å². The van der Waals surface area contributed by atoms with Gasteiger partial charge in [0.05, 0.1) is 6.61 Å². The molecule has 1 N–H and O–H groups in total. The summed E-state index contributed by atoms with van der Waals surface area (Å²) in [6.45, 7) is 1.54. The predicted octanol–water partition coefficient (Wildman–Crippen LogP) is 3.46. The van der Waals surface area contributed by atoms with Gasteiger partial charge >= 0.3 is 0 Å². The van der Waals surface area contributed by atoms with E-state index in [-0.39, 0.29) is 6.04 Å². The lowest BCUT2D eigenvalue weighted by Gasteiger charge is -2.17. The zero-order chi connectivity index (χ0) is 14.8. The zero-order valence-electron chi connectivity index (χ0n) is 12.4. The van der Waals surface area contributed by atoms with E-state index in [9.17, 15) is 0 Å². The maximum Gasteiger partial charge on any atom is 0.0587 e. The van der Waals surface area contributed by atoms with E-state index in [0.717, 1.165) is 13.0 Å². The van der Waals surface area contributed by atoms with Gasteiger partial charge in [-0.25, -0.2) is 0 Å². The molecule has 0 aliphatic rings. The van der Waals surface area contributed by atoms with Crippen molar-refractivity contribution in [2.45, 2.75) is 12.5 Å². The molecule has 110 valence electrons. The average molecular weight is 282 g/mol. The van der Waals surface area contributed by atoms with E-state index in [2.05, 4.69) is 52.8 Å². The molecule has 1 aromatic carbocycles. The van der Waals surface area contributed by atoms with E-state index in [1.165, 1.54) is 11.1 Å². The fourth-order valence-corrected chi connectivity index (χ4v) is 2.16. The first-order valence-electron chi connectivity index (χ1n) is 7.24. The van der Waals surface area contributed by atoms with E-state index in [0.29, 0.717) is 6.61 Å². The van der Waals surface area contributed by atoms with Crippen molar-refractivity contribution in [2.24, 2.45) is 0 Å². The summed E-state index contributed by atoms with van der Waals surface area (Å²) in [6, 6.07) is 14.7. The Morgan fingerprint density at radius 3 is 2.76 bits per heavy atom. The Hall–Kier alpha value is -1.97. The summed E-state index contributed by atoms with van der Waals surface area (Å²) in [5.74, 6) is 0. The number of nitrogens with one attached hydrogen (secondary N) is 1. The molecule has 1 aromatic heterocycles. The Morgan fingerprint density at radius 2 is 2.05 bits per heavy atom. The molecule has 21 heavy (non-hydrogen) atoms. The number of ether oxygens (including phenoxy) is 1. The lowest BCUT2D eigenvalue weighted by Crippen LogP contribution is -2.24. The minimum Gasteiger partial charge on any atom is -0.383 e. The van der Waals surface area contributed by atoms with Gasteiger partial charge in [0.2, 0.25) is 0 Å². The highest BCUT2D eigenvalue weighted by Crippen LogP contribution is 2.16. The third-order valence-electron chi connectivity index (χ3n) is 3.27. The Balaban J connectivity index is 1.97. The van der Waals surface area contributed by atoms with Crippen LogP contribution in [-0.2, 0) is 4.74 Å². The monoisotopic (exact) mass is 282 g/mol. The summed E-state index contributed by atoms with van der Waals surface area (Å²) in [5.41, 5.74) is 2.42. The summed E-state index contributed by atoms with van der Waals surface area (Å²) < 4.78 is 5.11. The van der Waals surface area contributed by atoms with E-state index in [4.69, 9.17) is 4.74 Å². The van der Waals surface area contributed by atoms with Crippen LogP contribution in [0.4, 0.5) is 0 Å². The van der Waals surface area contributed by atoms with Crippen molar-refractivity contribution in [3.8, 4) is 0 Å². The minimum absolute atomic E-state index is 0.258. The van der Waals surface area contributed by atoms with Crippen LogP contribution < -0.4 is 5.32 Å². The summed E-state index contributed by atoms with van der Waals surface area (Å²) in [7, 11) is 1.72. The Morgan fingerprint density at radius 1 is 1.19 bits per heavy atom. The van der Waals surface area contributed by atoms with Crippen LogP contribution in [-0.4, -0.2) is 25.2 Å².